The van der Waals surface area contributed by atoms with Gasteiger partial charge in [-0.2, -0.15) is 4.98 Å². The quantitative estimate of drug-likeness (QED) is 0.454. The zero-order chi connectivity index (χ0) is 22.6. The highest BCUT2D eigenvalue weighted by Gasteiger charge is 2.23. The third kappa shape index (κ3) is 2.86. The van der Waals surface area contributed by atoms with Crippen LogP contribution in [0.5, 0.6) is 0 Å². The normalized spacial score (nSPS) is 11.4. The van der Waals surface area contributed by atoms with E-state index in [1.165, 1.54) is 11.6 Å². The average molecular weight is 450 g/mol. The van der Waals surface area contributed by atoms with Gasteiger partial charge < -0.3 is 5.11 Å². The third-order valence-electron chi connectivity index (χ3n) is 5.31. The van der Waals surface area contributed by atoms with Gasteiger partial charge in [0.25, 0.3) is 5.56 Å². The Kier molecular flexibility index (Phi) is 4.49. The number of hydrogen-bond acceptors (Lipinski definition) is 4. The Morgan fingerprint density at radius 2 is 1.75 bits per heavy atom. The summed E-state index contributed by atoms with van der Waals surface area (Å²) in [6, 6.07) is 16.7. The maximum atomic E-state index is 13.2. The lowest BCUT2D eigenvalue weighted by molar-refractivity contribution is -0.137. The van der Waals surface area contributed by atoms with Crippen LogP contribution in [0.2, 0.25) is 5.02 Å². The predicted octanol–water partition coefficient (Wildman–Crippen LogP) is 2.54. The Hall–Kier alpha value is -4.11. The molecule has 0 aliphatic rings. The lowest BCUT2D eigenvalue weighted by Crippen LogP contribution is -2.41. The van der Waals surface area contributed by atoms with E-state index >= 15 is 0 Å². The molecule has 0 saturated heterocycles. The molecule has 10 heteroatoms. The smallest absolute Gasteiger partial charge is 0.333 e. The van der Waals surface area contributed by atoms with E-state index in [1.54, 1.807) is 16.7 Å². The highest BCUT2D eigenvalue weighted by atomic mass is 35.5. The van der Waals surface area contributed by atoms with Gasteiger partial charge in [0.2, 0.25) is 5.78 Å². The molecular formula is C22H16ClN5O4. The first-order valence-corrected chi connectivity index (χ1v) is 10.0. The van der Waals surface area contributed by atoms with E-state index in [-0.39, 0.29) is 11.2 Å². The number of fused-ring (bicyclic) bond motifs is 3. The van der Waals surface area contributed by atoms with Crippen molar-refractivity contribution in [1.82, 2.24) is 23.1 Å². The molecular weight excluding hydrogens is 434 g/mol. The van der Waals surface area contributed by atoms with Crippen molar-refractivity contribution < 1.29 is 9.90 Å². The molecule has 0 bridgehead atoms. The lowest BCUT2D eigenvalue weighted by Gasteiger charge is -2.10. The van der Waals surface area contributed by atoms with E-state index in [1.807, 2.05) is 53.1 Å². The summed E-state index contributed by atoms with van der Waals surface area (Å²) in [6.45, 7) is -0.745. The topological polar surface area (TPSA) is 104 Å². The van der Waals surface area contributed by atoms with Gasteiger partial charge in [0.05, 0.1) is 16.4 Å². The van der Waals surface area contributed by atoms with Crippen LogP contribution in [0.3, 0.4) is 0 Å². The molecule has 1 N–H and O–H groups in total. The molecule has 0 amide bonds. The van der Waals surface area contributed by atoms with Crippen LogP contribution >= 0.6 is 11.6 Å². The Bertz CT molecular complexity index is 1640. The van der Waals surface area contributed by atoms with Gasteiger partial charge in [-0.3, -0.25) is 23.1 Å². The van der Waals surface area contributed by atoms with Crippen LogP contribution in [0, 0.1) is 0 Å². The van der Waals surface area contributed by atoms with Crippen LogP contribution in [0.15, 0.2) is 70.4 Å². The van der Waals surface area contributed by atoms with Gasteiger partial charge in [0.15, 0.2) is 11.2 Å². The number of hydrogen-bond donors (Lipinski definition) is 1. The van der Waals surface area contributed by atoms with Crippen molar-refractivity contribution in [3.63, 3.8) is 0 Å². The van der Waals surface area contributed by atoms with Gasteiger partial charge in [0.1, 0.15) is 6.54 Å². The fourth-order valence-corrected chi connectivity index (χ4v) is 4.07. The monoisotopic (exact) mass is 449 g/mol. The van der Waals surface area contributed by atoms with E-state index in [2.05, 4.69) is 4.98 Å². The van der Waals surface area contributed by atoms with Gasteiger partial charge in [0, 0.05) is 18.8 Å². The molecule has 32 heavy (non-hydrogen) atoms. The first-order chi connectivity index (χ1) is 15.4. The number of halogens is 1. The van der Waals surface area contributed by atoms with Gasteiger partial charge in [-0.25, -0.2) is 9.36 Å². The number of benzene rings is 2. The minimum absolute atomic E-state index is 0.103. The molecule has 160 valence electrons. The maximum absolute atomic E-state index is 13.2. The summed E-state index contributed by atoms with van der Waals surface area (Å²) < 4.78 is 5.24. The minimum atomic E-state index is -1.29. The van der Waals surface area contributed by atoms with E-state index in [9.17, 15) is 14.4 Å². The van der Waals surface area contributed by atoms with Gasteiger partial charge in [-0.15, -0.1) is 0 Å². The molecule has 0 fully saturated rings. The van der Waals surface area contributed by atoms with Gasteiger partial charge in [-0.05, 0) is 12.1 Å². The Balaban J connectivity index is 1.96. The Morgan fingerprint density at radius 3 is 2.44 bits per heavy atom. The van der Waals surface area contributed by atoms with Crippen molar-refractivity contribution in [2.24, 2.45) is 7.05 Å². The summed E-state index contributed by atoms with van der Waals surface area (Å²) in [5, 5.41) is 9.65. The zero-order valence-electron chi connectivity index (χ0n) is 16.8. The minimum Gasteiger partial charge on any atom is -0.480 e. The van der Waals surface area contributed by atoms with Crippen molar-refractivity contribution in [1.29, 1.82) is 0 Å². The van der Waals surface area contributed by atoms with E-state index in [0.29, 0.717) is 21.1 Å². The number of rotatable bonds is 4. The van der Waals surface area contributed by atoms with Crippen LogP contribution < -0.4 is 11.2 Å². The first-order valence-electron chi connectivity index (χ1n) is 9.64. The molecule has 0 aliphatic carbocycles. The van der Waals surface area contributed by atoms with E-state index in [0.717, 1.165) is 11.3 Å². The number of carboxylic acids is 1. The predicted molar refractivity (Wildman–Crippen MR) is 120 cm³/mol. The highest BCUT2D eigenvalue weighted by molar-refractivity contribution is 6.32. The number of carboxylic acid groups (broad SMARTS) is 1. The van der Waals surface area contributed by atoms with Crippen LogP contribution in [0.25, 0.3) is 33.9 Å². The van der Waals surface area contributed by atoms with Crippen LogP contribution in [0.4, 0.5) is 0 Å². The SMILES string of the molecule is Cn1c(=O)n(CC(=O)O)c(=O)c2c1nc1n(-c3ccccc3Cl)c(-c3ccccc3)cn21. The van der Waals surface area contributed by atoms with Crippen LogP contribution in [-0.4, -0.2) is 34.2 Å². The van der Waals surface area contributed by atoms with Crippen LogP contribution in [0.1, 0.15) is 0 Å². The van der Waals surface area contributed by atoms with Crippen molar-refractivity contribution in [3.05, 3.63) is 86.7 Å². The van der Waals surface area contributed by atoms with Crippen molar-refractivity contribution in [2.75, 3.05) is 0 Å². The molecule has 5 rings (SSSR count). The molecule has 0 atom stereocenters. The number of aryl methyl sites for hydroxylation is 1. The highest BCUT2D eigenvalue weighted by Crippen LogP contribution is 2.31. The molecule has 5 aromatic rings. The molecule has 0 unspecified atom stereocenters. The fraction of sp³-hybridized carbons (Fsp3) is 0.0909. The number of aromatic nitrogens is 5. The second-order valence-electron chi connectivity index (χ2n) is 7.25. The number of nitrogens with zero attached hydrogens (tertiary/aromatic N) is 5. The van der Waals surface area contributed by atoms with E-state index in [4.69, 9.17) is 16.7 Å². The summed E-state index contributed by atoms with van der Waals surface area (Å²) >= 11 is 6.50. The molecule has 0 aliphatic heterocycles. The molecule has 0 radical (unpaired) electrons. The van der Waals surface area contributed by atoms with Gasteiger partial charge >= 0.3 is 11.7 Å². The average Bonchev–Trinajstić information content (AvgIpc) is 3.32. The van der Waals surface area contributed by atoms with Crippen LogP contribution in [-0.2, 0) is 18.4 Å². The standard InChI is InChI=1S/C22H16ClN5O4/c1-25-19-18(20(31)27(22(25)32)12-17(29)30)26-11-16(13-7-3-2-4-8-13)28(21(26)24-19)15-10-6-5-9-14(15)23/h2-11H,12H2,1H3,(H,29,30). The largest absolute Gasteiger partial charge is 0.480 e. The number of aliphatic carboxylic acids is 1. The second kappa shape index (κ2) is 7.24. The van der Waals surface area contributed by atoms with Crippen molar-refractivity contribution >= 4 is 34.5 Å². The summed E-state index contributed by atoms with van der Waals surface area (Å²) in [5.74, 6) is -0.921. The van der Waals surface area contributed by atoms with Crippen molar-refractivity contribution in [3.8, 4) is 16.9 Å². The summed E-state index contributed by atoms with van der Waals surface area (Å²) in [6.07, 6.45) is 1.74. The maximum Gasteiger partial charge on any atom is 0.333 e. The molecule has 9 nitrogen and oxygen atoms in total. The molecule has 0 saturated carbocycles. The van der Waals surface area contributed by atoms with Gasteiger partial charge in [-0.1, -0.05) is 54.1 Å². The Labute approximate surface area is 185 Å². The van der Waals surface area contributed by atoms with E-state index < -0.39 is 23.8 Å². The zero-order valence-corrected chi connectivity index (χ0v) is 17.5. The first kappa shape index (κ1) is 19.8. The molecule has 2 aromatic carbocycles. The number of para-hydroxylation sites is 1. The Morgan fingerprint density at radius 1 is 1.06 bits per heavy atom. The molecule has 3 aromatic heterocycles. The van der Waals surface area contributed by atoms with Crippen molar-refractivity contribution in [2.45, 2.75) is 6.54 Å². The summed E-state index contributed by atoms with van der Waals surface area (Å²) in [5.41, 5.74) is 1.01. The fourth-order valence-electron chi connectivity index (χ4n) is 3.85. The summed E-state index contributed by atoms with van der Waals surface area (Å²) in [4.78, 5) is 41.6. The lowest BCUT2D eigenvalue weighted by atomic mass is 10.1. The number of carbonyl (C=O) groups is 1. The number of imidazole rings is 2. The summed E-state index contributed by atoms with van der Waals surface area (Å²) in [7, 11) is 1.45. The molecule has 3 heterocycles. The molecule has 0 spiro atoms. The second-order valence-corrected chi connectivity index (χ2v) is 7.66. The third-order valence-corrected chi connectivity index (χ3v) is 5.63.